The Morgan fingerprint density at radius 3 is 2.32 bits per heavy atom. The number of ether oxygens (including phenoxy) is 2. The lowest BCUT2D eigenvalue weighted by Gasteiger charge is -2.17. The maximum Gasteiger partial charge on any atom is 0.227 e. The van der Waals surface area contributed by atoms with E-state index in [0.717, 1.165) is 28.1 Å². The highest BCUT2D eigenvalue weighted by atomic mass is 16.5. The van der Waals surface area contributed by atoms with Crippen molar-refractivity contribution in [1.82, 2.24) is 9.97 Å². The van der Waals surface area contributed by atoms with E-state index in [2.05, 4.69) is 23.8 Å². The fraction of sp³-hybridized carbons (Fsp3) is 0.294. The molecule has 0 aliphatic rings. The molecule has 0 spiro atoms. The molecule has 5 nitrogen and oxygen atoms in total. The number of rotatable bonds is 4. The Balaban J connectivity index is 2.18. The first kappa shape index (κ1) is 14.4. The van der Waals surface area contributed by atoms with Crippen LogP contribution in [-0.4, -0.2) is 24.2 Å². The van der Waals surface area contributed by atoms with Gasteiger partial charge in [-0.05, 0) is 18.1 Å². The maximum atomic E-state index is 5.79. The summed E-state index contributed by atoms with van der Waals surface area (Å²) < 4.78 is 16.8. The minimum absolute atomic E-state index is 0.284. The highest BCUT2D eigenvalue weighted by Crippen LogP contribution is 2.39. The molecule has 3 rings (SSSR count). The van der Waals surface area contributed by atoms with Crippen LogP contribution in [0.5, 0.6) is 11.5 Å². The van der Waals surface area contributed by atoms with Gasteiger partial charge >= 0.3 is 0 Å². The molecule has 0 radical (unpaired) electrons. The van der Waals surface area contributed by atoms with Gasteiger partial charge in [-0.3, -0.25) is 4.98 Å². The fourth-order valence-electron chi connectivity index (χ4n) is 2.53. The predicted molar refractivity (Wildman–Crippen MR) is 84.4 cm³/mol. The molecule has 1 aromatic carbocycles. The Morgan fingerprint density at radius 2 is 1.77 bits per heavy atom. The van der Waals surface area contributed by atoms with Crippen molar-refractivity contribution in [3.63, 3.8) is 0 Å². The molecule has 5 heteroatoms. The van der Waals surface area contributed by atoms with Gasteiger partial charge < -0.3 is 13.9 Å². The van der Waals surface area contributed by atoms with Crippen molar-refractivity contribution in [1.29, 1.82) is 0 Å². The van der Waals surface area contributed by atoms with E-state index < -0.39 is 0 Å². The topological polar surface area (TPSA) is 57.4 Å². The van der Waals surface area contributed by atoms with Gasteiger partial charge in [0.2, 0.25) is 5.89 Å². The second-order valence-electron chi connectivity index (χ2n) is 5.31. The van der Waals surface area contributed by atoms with Gasteiger partial charge in [0.1, 0.15) is 17.0 Å². The van der Waals surface area contributed by atoms with E-state index in [-0.39, 0.29) is 5.92 Å². The number of pyridine rings is 1. The number of aromatic nitrogens is 2. The molecule has 0 saturated carbocycles. The van der Waals surface area contributed by atoms with Crippen LogP contribution in [0.4, 0.5) is 0 Å². The Morgan fingerprint density at radius 1 is 1.09 bits per heavy atom. The second-order valence-corrected chi connectivity index (χ2v) is 5.31. The molecule has 0 atom stereocenters. The van der Waals surface area contributed by atoms with Crippen molar-refractivity contribution in [2.45, 2.75) is 19.8 Å². The van der Waals surface area contributed by atoms with Crippen molar-refractivity contribution in [2.24, 2.45) is 0 Å². The normalized spacial score (nSPS) is 11.1. The van der Waals surface area contributed by atoms with Gasteiger partial charge in [0.25, 0.3) is 0 Å². The lowest BCUT2D eigenvalue weighted by atomic mass is 9.98. The number of benzene rings is 1. The number of methoxy groups -OCH3 is 2. The molecule has 2 heterocycles. The smallest absolute Gasteiger partial charge is 0.227 e. The summed E-state index contributed by atoms with van der Waals surface area (Å²) in [5.74, 6) is 2.34. The summed E-state index contributed by atoms with van der Waals surface area (Å²) >= 11 is 0. The summed E-state index contributed by atoms with van der Waals surface area (Å²) in [4.78, 5) is 8.52. The minimum atomic E-state index is 0.284. The molecular weight excluding hydrogens is 280 g/mol. The highest BCUT2D eigenvalue weighted by molar-refractivity contribution is 5.76. The molecule has 0 bridgehead atoms. The van der Waals surface area contributed by atoms with Crippen molar-refractivity contribution in [3.05, 3.63) is 36.2 Å². The molecule has 3 aromatic rings. The average Bonchev–Trinajstić information content (AvgIpc) is 2.97. The first-order chi connectivity index (χ1) is 10.6. The highest BCUT2D eigenvalue weighted by Gasteiger charge is 2.18. The van der Waals surface area contributed by atoms with E-state index in [0.29, 0.717) is 11.5 Å². The number of oxazole rings is 1. The zero-order valence-corrected chi connectivity index (χ0v) is 13.1. The number of hydrogen-bond donors (Lipinski definition) is 0. The van der Waals surface area contributed by atoms with E-state index in [9.17, 15) is 0 Å². The van der Waals surface area contributed by atoms with Crippen molar-refractivity contribution in [2.75, 3.05) is 14.2 Å². The Labute approximate surface area is 128 Å². The second kappa shape index (κ2) is 5.67. The van der Waals surface area contributed by atoms with Gasteiger partial charge in [0.05, 0.1) is 20.4 Å². The van der Waals surface area contributed by atoms with Crippen LogP contribution >= 0.6 is 0 Å². The van der Waals surface area contributed by atoms with Crippen LogP contribution in [0.2, 0.25) is 0 Å². The van der Waals surface area contributed by atoms with E-state index in [1.54, 1.807) is 32.7 Å². The van der Waals surface area contributed by atoms with Crippen LogP contribution in [0, 0.1) is 0 Å². The molecule has 2 aromatic heterocycles. The van der Waals surface area contributed by atoms with E-state index in [1.165, 1.54) is 0 Å². The Kier molecular flexibility index (Phi) is 3.71. The van der Waals surface area contributed by atoms with Crippen LogP contribution in [0.1, 0.15) is 25.3 Å². The van der Waals surface area contributed by atoms with Crippen molar-refractivity contribution < 1.29 is 13.9 Å². The molecule has 114 valence electrons. The monoisotopic (exact) mass is 298 g/mol. The average molecular weight is 298 g/mol. The molecule has 0 amide bonds. The van der Waals surface area contributed by atoms with E-state index in [1.807, 2.05) is 12.1 Å². The largest absolute Gasteiger partial charge is 0.496 e. The predicted octanol–water partition coefficient (Wildman–Crippen LogP) is 4.03. The Hall–Kier alpha value is -2.56. The van der Waals surface area contributed by atoms with Crippen LogP contribution in [0.3, 0.4) is 0 Å². The van der Waals surface area contributed by atoms with Gasteiger partial charge in [-0.2, -0.15) is 0 Å². The summed E-state index contributed by atoms with van der Waals surface area (Å²) in [7, 11) is 3.31. The Bertz CT molecular complexity index is 751. The molecule has 0 aliphatic heterocycles. The first-order valence-electron chi connectivity index (χ1n) is 7.11. The number of hydrogen-bond acceptors (Lipinski definition) is 5. The summed E-state index contributed by atoms with van der Waals surface area (Å²) in [6, 6.07) is 5.65. The minimum Gasteiger partial charge on any atom is -0.496 e. The number of nitrogens with zero attached hydrogens (tertiary/aromatic N) is 2. The third-order valence-corrected chi connectivity index (χ3v) is 3.56. The van der Waals surface area contributed by atoms with Crippen LogP contribution in [-0.2, 0) is 0 Å². The summed E-state index contributed by atoms with van der Waals surface area (Å²) in [5.41, 5.74) is 3.28. The SMILES string of the molecule is COc1cc(-c2nc3cnccc3o2)cc(OC)c1C(C)C. The quantitative estimate of drug-likeness (QED) is 0.728. The van der Waals surface area contributed by atoms with Gasteiger partial charge in [0, 0.05) is 23.4 Å². The van der Waals surface area contributed by atoms with Gasteiger partial charge in [0.15, 0.2) is 5.58 Å². The van der Waals surface area contributed by atoms with Gasteiger partial charge in [-0.25, -0.2) is 4.98 Å². The fourth-order valence-corrected chi connectivity index (χ4v) is 2.53. The third kappa shape index (κ3) is 2.39. The zero-order chi connectivity index (χ0) is 15.7. The lowest BCUT2D eigenvalue weighted by molar-refractivity contribution is 0.382. The maximum absolute atomic E-state index is 5.79. The molecule has 0 unspecified atom stereocenters. The third-order valence-electron chi connectivity index (χ3n) is 3.56. The van der Waals surface area contributed by atoms with Crippen LogP contribution in [0.25, 0.3) is 22.6 Å². The molecular formula is C17H18N2O3. The summed E-state index contributed by atoms with van der Waals surface area (Å²) in [5, 5.41) is 0. The van der Waals surface area contributed by atoms with Crippen LogP contribution in [0.15, 0.2) is 35.0 Å². The van der Waals surface area contributed by atoms with E-state index >= 15 is 0 Å². The zero-order valence-electron chi connectivity index (χ0n) is 13.1. The molecule has 0 aliphatic carbocycles. The van der Waals surface area contributed by atoms with Gasteiger partial charge in [-0.1, -0.05) is 13.8 Å². The summed E-state index contributed by atoms with van der Waals surface area (Å²) in [6.07, 6.45) is 3.36. The van der Waals surface area contributed by atoms with Gasteiger partial charge in [-0.15, -0.1) is 0 Å². The lowest BCUT2D eigenvalue weighted by Crippen LogP contribution is -1.99. The molecule has 0 fully saturated rings. The molecule has 22 heavy (non-hydrogen) atoms. The molecule has 0 saturated heterocycles. The van der Waals surface area contributed by atoms with Crippen molar-refractivity contribution >= 4 is 11.1 Å². The van der Waals surface area contributed by atoms with E-state index in [4.69, 9.17) is 13.9 Å². The van der Waals surface area contributed by atoms with Crippen molar-refractivity contribution in [3.8, 4) is 23.0 Å². The molecule has 0 N–H and O–H groups in total. The first-order valence-corrected chi connectivity index (χ1v) is 7.11. The van der Waals surface area contributed by atoms with Crippen LogP contribution < -0.4 is 9.47 Å². The summed E-state index contributed by atoms with van der Waals surface area (Å²) in [6.45, 7) is 4.20. The number of fused-ring (bicyclic) bond motifs is 1. The standard InChI is InChI=1S/C17H18N2O3/c1-10(2)16-14(20-3)7-11(8-15(16)21-4)17-19-12-9-18-6-5-13(12)22-17/h5-10H,1-4H3.